The SMILES string of the molecule is CC(C(=O)N1CCCC1CC(O)c1cccs1)C1CNC1.Cl. The van der Waals surface area contributed by atoms with Gasteiger partial charge in [-0.15, -0.1) is 23.7 Å². The topological polar surface area (TPSA) is 52.6 Å². The highest BCUT2D eigenvalue weighted by molar-refractivity contribution is 7.10. The molecule has 2 aliphatic heterocycles. The van der Waals surface area contributed by atoms with E-state index in [1.54, 1.807) is 11.3 Å². The van der Waals surface area contributed by atoms with Gasteiger partial charge in [-0.1, -0.05) is 13.0 Å². The molecule has 0 aromatic carbocycles. The van der Waals surface area contributed by atoms with E-state index in [0.29, 0.717) is 12.3 Å². The number of rotatable bonds is 5. The molecule has 0 bridgehead atoms. The van der Waals surface area contributed by atoms with Gasteiger partial charge in [0, 0.05) is 23.4 Å². The molecule has 3 rings (SSSR count). The number of carbonyl (C=O) groups is 1. The zero-order chi connectivity index (χ0) is 14.8. The van der Waals surface area contributed by atoms with Gasteiger partial charge in [0.1, 0.15) is 0 Å². The third-order valence-corrected chi connectivity index (χ3v) is 5.91. The summed E-state index contributed by atoms with van der Waals surface area (Å²) in [5.74, 6) is 0.870. The molecule has 2 aliphatic rings. The monoisotopic (exact) mass is 344 g/mol. The largest absolute Gasteiger partial charge is 0.387 e. The summed E-state index contributed by atoms with van der Waals surface area (Å²) in [6, 6.07) is 4.14. The third kappa shape index (κ3) is 3.65. The van der Waals surface area contributed by atoms with Gasteiger partial charge in [-0.05, 0) is 49.7 Å². The van der Waals surface area contributed by atoms with E-state index >= 15 is 0 Å². The molecule has 1 aromatic rings. The summed E-state index contributed by atoms with van der Waals surface area (Å²) in [4.78, 5) is 15.7. The first-order chi connectivity index (χ1) is 10.2. The van der Waals surface area contributed by atoms with Gasteiger partial charge >= 0.3 is 0 Å². The van der Waals surface area contributed by atoms with Crippen LogP contribution in [0.3, 0.4) is 0 Å². The van der Waals surface area contributed by atoms with Crippen molar-refractivity contribution in [3.63, 3.8) is 0 Å². The number of hydrogen-bond acceptors (Lipinski definition) is 4. The molecular formula is C16H25ClN2O2S. The predicted octanol–water partition coefficient (Wildman–Crippen LogP) is 2.44. The lowest BCUT2D eigenvalue weighted by atomic mass is 9.87. The Morgan fingerprint density at radius 2 is 2.32 bits per heavy atom. The average molecular weight is 345 g/mol. The molecular weight excluding hydrogens is 320 g/mol. The number of aliphatic hydroxyl groups is 1. The summed E-state index contributed by atoms with van der Waals surface area (Å²) < 4.78 is 0. The van der Waals surface area contributed by atoms with Gasteiger partial charge in [0.15, 0.2) is 0 Å². The molecule has 1 amide bonds. The Hall–Kier alpha value is -0.620. The molecule has 1 aromatic heterocycles. The quantitative estimate of drug-likeness (QED) is 0.862. The van der Waals surface area contributed by atoms with E-state index < -0.39 is 6.10 Å². The molecule has 3 atom stereocenters. The van der Waals surface area contributed by atoms with Crippen molar-refractivity contribution in [2.75, 3.05) is 19.6 Å². The third-order valence-electron chi connectivity index (χ3n) is 4.94. The number of halogens is 1. The Balaban J connectivity index is 0.00000176. The molecule has 6 heteroatoms. The van der Waals surface area contributed by atoms with Gasteiger partial charge in [0.2, 0.25) is 5.91 Å². The predicted molar refractivity (Wildman–Crippen MR) is 91.4 cm³/mol. The van der Waals surface area contributed by atoms with Crippen molar-refractivity contribution >= 4 is 29.7 Å². The van der Waals surface area contributed by atoms with E-state index in [4.69, 9.17) is 0 Å². The van der Waals surface area contributed by atoms with Gasteiger partial charge in [-0.25, -0.2) is 0 Å². The lowest BCUT2D eigenvalue weighted by Crippen LogP contribution is -2.51. The van der Waals surface area contributed by atoms with Crippen LogP contribution in [-0.4, -0.2) is 41.6 Å². The van der Waals surface area contributed by atoms with E-state index in [0.717, 1.165) is 37.4 Å². The number of nitrogens with one attached hydrogen (secondary N) is 1. The normalized spacial score (nSPS) is 24.5. The number of aliphatic hydroxyl groups excluding tert-OH is 1. The van der Waals surface area contributed by atoms with Crippen LogP contribution in [0.5, 0.6) is 0 Å². The molecule has 3 unspecified atom stereocenters. The maximum Gasteiger partial charge on any atom is 0.226 e. The molecule has 2 N–H and O–H groups in total. The van der Waals surface area contributed by atoms with E-state index in [9.17, 15) is 9.90 Å². The minimum atomic E-state index is -0.441. The number of likely N-dealkylation sites (tertiary alicyclic amines) is 1. The Bertz CT molecular complexity index is 479. The first-order valence-corrected chi connectivity index (χ1v) is 8.77. The standard InChI is InChI=1S/C16H24N2O2S.ClH/c1-11(12-9-17-10-12)16(20)18-6-2-4-13(18)8-14(19)15-5-3-7-21-15;/h3,5,7,11-14,17,19H,2,4,6,8-10H2,1H3;1H. The van der Waals surface area contributed by atoms with Crippen LogP contribution in [0.15, 0.2) is 17.5 Å². The highest BCUT2D eigenvalue weighted by Crippen LogP contribution is 2.31. The second-order valence-corrected chi connectivity index (χ2v) is 7.28. The van der Waals surface area contributed by atoms with Crippen molar-refractivity contribution < 1.29 is 9.90 Å². The summed E-state index contributed by atoms with van der Waals surface area (Å²) in [6.07, 6.45) is 2.30. The summed E-state index contributed by atoms with van der Waals surface area (Å²) >= 11 is 1.59. The first kappa shape index (κ1) is 17.7. The zero-order valence-electron chi connectivity index (χ0n) is 12.9. The van der Waals surface area contributed by atoms with E-state index in [-0.39, 0.29) is 30.3 Å². The van der Waals surface area contributed by atoms with Crippen molar-refractivity contribution in [1.82, 2.24) is 10.2 Å². The fourth-order valence-electron chi connectivity index (χ4n) is 3.35. The number of amides is 1. The molecule has 0 radical (unpaired) electrons. The van der Waals surface area contributed by atoms with Gasteiger partial charge in [0.25, 0.3) is 0 Å². The molecule has 2 saturated heterocycles. The Labute approximate surface area is 142 Å². The van der Waals surface area contributed by atoms with Gasteiger partial charge in [-0.3, -0.25) is 4.79 Å². The van der Waals surface area contributed by atoms with E-state index in [1.165, 1.54) is 0 Å². The smallest absolute Gasteiger partial charge is 0.226 e. The number of hydrogen-bond donors (Lipinski definition) is 2. The summed E-state index contributed by atoms with van der Waals surface area (Å²) in [6.45, 7) is 4.83. The molecule has 2 fully saturated rings. The van der Waals surface area contributed by atoms with Crippen LogP contribution in [-0.2, 0) is 4.79 Å². The van der Waals surface area contributed by atoms with Crippen LogP contribution in [0.2, 0.25) is 0 Å². The van der Waals surface area contributed by atoms with E-state index in [2.05, 4.69) is 12.2 Å². The second-order valence-electron chi connectivity index (χ2n) is 6.30. The van der Waals surface area contributed by atoms with Crippen LogP contribution in [0, 0.1) is 11.8 Å². The van der Waals surface area contributed by atoms with Crippen molar-refractivity contribution in [3.8, 4) is 0 Å². The fourth-order valence-corrected chi connectivity index (χ4v) is 4.08. The van der Waals surface area contributed by atoms with Crippen molar-refractivity contribution in [2.24, 2.45) is 11.8 Å². The fraction of sp³-hybridized carbons (Fsp3) is 0.688. The summed E-state index contributed by atoms with van der Waals surface area (Å²) in [7, 11) is 0. The molecule has 0 spiro atoms. The molecule has 3 heterocycles. The van der Waals surface area contributed by atoms with Crippen LogP contribution < -0.4 is 5.32 Å². The maximum atomic E-state index is 12.7. The number of nitrogens with zero attached hydrogens (tertiary/aromatic N) is 1. The number of thiophene rings is 1. The van der Waals surface area contributed by atoms with Gasteiger partial charge in [-0.2, -0.15) is 0 Å². The summed E-state index contributed by atoms with van der Waals surface area (Å²) in [5, 5.41) is 15.6. The molecule has 124 valence electrons. The van der Waals surface area contributed by atoms with Crippen LogP contribution in [0.25, 0.3) is 0 Å². The first-order valence-electron chi connectivity index (χ1n) is 7.89. The van der Waals surface area contributed by atoms with Gasteiger partial charge < -0.3 is 15.3 Å². The lowest BCUT2D eigenvalue weighted by Gasteiger charge is -2.36. The second kappa shape index (κ2) is 7.77. The van der Waals surface area contributed by atoms with Crippen molar-refractivity contribution in [1.29, 1.82) is 0 Å². The lowest BCUT2D eigenvalue weighted by molar-refractivity contribution is -0.138. The Kier molecular flexibility index (Phi) is 6.26. The van der Waals surface area contributed by atoms with Crippen molar-refractivity contribution in [3.05, 3.63) is 22.4 Å². The minimum absolute atomic E-state index is 0. The highest BCUT2D eigenvalue weighted by atomic mass is 35.5. The highest BCUT2D eigenvalue weighted by Gasteiger charge is 2.37. The van der Waals surface area contributed by atoms with E-state index in [1.807, 2.05) is 22.4 Å². The molecule has 22 heavy (non-hydrogen) atoms. The Morgan fingerprint density at radius 3 is 2.91 bits per heavy atom. The van der Waals surface area contributed by atoms with Crippen LogP contribution in [0.1, 0.15) is 37.2 Å². The minimum Gasteiger partial charge on any atom is -0.387 e. The average Bonchev–Trinajstić information content (AvgIpc) is 3.06. The van der Waals surface area contributed by atoms with Crippen LogP contribution >= 0.6 is 23.7 Å². The number of carbonyl (C=O) groups excluding carboxylic acids is 1. The molecule has 4 nitrogen and oxygen atoms in total. The van der Waals surface area contributed by atoms with Gasteiger partial charge in [0.05, 0.1) is 6.10 Å². The molecule has 0 saturated carbocycles. The zero-order valence-corrected chi connectivity index (χ0v) is 14.5. The maximum absolute atomic E-state index is 12.7. The summed E-state index contributed by atoms with van der Waals surface area (Å²) in [5.41, 5.74) is 0. The van der Waals surface area contributed by atoms with Crippen LogP contribution in [0.4, 0.5) is 0 Å². The Morgan fingerprint density at radius 1 is 1.55 bits per heavy atom. The van der Waals surface area contributed by atoms with Crippen molar-refractivity contribution in [2.45, 2.75) is 38.3 Å². The molecule has 0 aliphatic carbocycles.